The average molecular weight is 933 g/mol. The van der Waals surface area contributed by atoms with E-state index >= 15 is 0 Å². The van der Waals surface area contributed by atoms with Crippen molar-refractivity contribution >= 4 is 55.7 Å². The van der Waals surface area contributed by atoms with Crippen LogP contribution in [0.4, 0.5) is 34.1 Å². The highest BCUT2D eigenvalue weighted by molar-refractivity contribution is 6.24. The molecule has 12 aromatic rings. The second-order valence-corrected chi connectivity index (χ2v) is 19.7. The molecule has 0 amide bonds. The third-order valence-electron chi connectivity index (χ3n) is 15.0. The summed E-state index contributed by atoms with van der Waals surface area (Å²) in [5, 5.41) is 4.64. The Hall–Kier alpha value is -9.24. The summed E-state index contributed by atoms with van der Waals surface area (Å²) in [4.78, 5) is 5.06. The predicted molar refractivity (Wildman–Crippen MR) is 310 cm³/mol. The van der Waals surface area contributed by atoms with E-state index in [1.165, 1.54) is 55.3 Å². The van der Waals surface area contributed by atoms with Gasteiger partial charge in [-0.2, -0.15) is 0 Å². The number of hydrogen-bond donors (Lipinski definition) is 0. The van der Waals surface area contributed by atoms with Crippen molar-refractivity contribution in [2.75, 3.05) is 9.80 Å². The molecule has 0 radical (unpaired) electrons. The molecule has 0 aliphatic heterocycles. The maximum absolute atomic E-state index is 2.55. The number of anilines is 6. The molecule has 0 atom stereocenters. The zero-order valence-electron chi connectivity index (χ0n) is 41.0. The molecule has 1 aliphatic carbocycles. The minimum absolute atomic E-state index is 0.248. The number of fused-ring (bicyclic) bond motifs is 5. The highest BCUT2D eigenvalue weighted by atomic mass is 15.2. The third kappa shape index (κ3) is 7.76. The van der Waals surface area contributed by atoms with E-state index in [4.69, 9.17) is 0 Å². The first-order valence-corrected chi connectivity index (χ1v) is 25.3. The Morgan fingerprint density at radius 1 is 0.233 bits per heavy atom. The van der Waals surface area contributed by atoms with Crippen LogP contribution in [0.2, 0.25) is 0 Å². The molecule has 13 rings (SSSR count). The zero-order valence-corrected chi connectivity index (χ0v) is 41.0. The lowest BCUT2D eigenvalue weighted by molar-refractivity contribution is 0.661. The molecular weight excluding hydrogens is 881 g/mol. The second kappa shape index (κ2) is 18.2. The van der Waals surface area contributed by atoms with Gasteiger partial charge in [-0.1, -0.05) is 232 Å². The van der Waals surface area contributed by atoms with Crippen molar-refractivity contribution in [3.8, 4) is 55.6 Å². The maximum Gasteiger partial charge on any atom is 0.0620 e. The van der Waals surface area contributed by atoms with Gasteiger partial charge in [0, 0.05) is 49.7 Å². The van der Waals surface area contributed by atoms with Crippen LogP contribution in [0.15, 0.2) is 279 Å². The first kappa shape index (κ1) is 43.8. The minimum atomic E-state index is -0.248. The van der Waals surface area contributed by atoms with Gasteiger partial charge in [0.25, 0.3) is 0 Å². The predicted octanol–water partition coefficient (Wildman–Crippen LogP) is 19.9. The molecule has 2 nitrogen and oxygen atoms in total. The van der Waals surface area contributed by atoms with E-state index in [1.807, 2.05) is 0 Å². The Labute approximate surface area is 428 Å². The summed E-state index contributed by atoms with van der Waals surface area (Å²) in [6, 6.07) is 103. The van der Waals surface area contributed by atoms with Crippen LogP contribution in [0.3, 0.4) is 0 Å². The van der Waals surface area contributed by atoms with Crippen LogP contribution < -0.4 is 9.80 Å². The summed E-state index contributed by atoms with van der Waals surface area (Å²) < 4.78 is 0. The van der Waals surface area contributed by atoms with Crippen LogP contribution in [0.5, 0.6) is 0 Å². The van der Waals surface area contributed by atoms with Gasteiger partial charge in [-0.05, 0) is 127 Å². The highest BCUT2D eigenvalue weighted by Gasteiger charge is 2.37. The van der Waals surface area contributed by atoms with Gasteiger partial charge in [-0.3, -0.25) is 0 Å². The SMILES string of the molecule is CC1(C)c2ccccc2-c2cc3c(N(c4cccc(-c5ccccc5)c4)c4cccc(-c5ccccc5)c4)c4ccccc4c(N(c4cccc(-c5ccccc5)c4)c4cccc(-c5ccccc5)c4)c3cc21. The Bertz CT molecular complexity index is 3820. The largest absolute Gasteiger partial charge is 0.309 e. The first-order valence-electron chi connectivity index (χ1n) is 25.3. The number of nitrogens with zero attached hydrogens (tertiary/aromatic N) is 2. The van der Waals surface area contributed by atoms with Gasteiger partial charge in [0.1, 0.15) is 0 Å². The van der Waals surface area contributed by atoms with E-state index in [0.717, 1.165) is 67.2 Å². The fraction of sp³-hybridized carbons (Fsp3) is 0.0423. The lowest BCUT2D eigenvalue weighted by Crippen LogP contribution is -2.17. The number of benzene rings is 12. The van der Waals surface area contributed by atoms with E-state index in [2.05, 4.69) is 303 Å². The van der Waals surface area contributed by atoms with Crippen LogP contribution in [-0.2, 0) is 5.41 Å². The molecule has 0 unspecified atom stereocenters. The van der Waals surface area contributed by atoms with E-state index in [0.29, 0.717) is 0 Å². The molecule has 0 fully saturated rings. The van der Waals surface area contributed by atoms with E-state index in [-0.39, 0.29) is 5.41 Å². The van der Waals surface area contributed by atoms with E-state index < -0.39 is 0 Å². The average Bonchev–Trinajstić information content (AvgIpc) is 3.69. The number of rotatable bonds is 10. The van der Waals surface area contributed by atoms with Crippen molar-refractivity contribution in [2.45, 2.75) is 19.3 Å². The second-order valence-electron chi connectivity index (χ2n) is 19.7. The van der Waals surface area contributed by atoms with Crippen LogP contribution in [0.25, 0.3) is 77.2 Å². The van der Waals surface area contributed by atoms with Gasteiger partial charge in [0.15, 0.2) is 0 Å². The summed E-state index contributed by atoms with van der Waals surface area (Å²) in [5.41, 5.74) is 20.9. The molecule has 0 bridgehead atoms. The van der Waals surface area contributed by atoms with Gasteiger partial charge in [-0.25, -0.2) is 0 Å². The smallest absolute Gasteiger partial charge is 0.0620 e. The van der Waals surface area contributed by atoms with Crippen LogP contribution in [0.1, 0.15) is 25.0 Å². The fourth-order valence-corrected chi connectivity index (χ4v) is 11.4. The summed E-state index contributed by atoms with van der Waals surface area (Å²) in [7, 11) is 0. The van der Waals surface area contributed by atoms with E-state index in [1.54, 1.807) is 0 Å². The Morgan fingerprint density at radius 3 is 0.932 bits per heavy atom. The van der Waals surface area contributed by atoms with Gasteiger partial charge in [-0.15, -0.1) is 0 Å². The molecule has 0 heterocycles. The van der Waals surface area contributed by atoms with Crippen molar-refractivity contribution in [2.24, 2.45) is 0 Å². The van der Waals surface area contributed by atoms with Crippen molar-refractivity contribution in [1.82, 2.24) is 0 Å². The topological polar surface area (TPSA) is 6.48 Å². The highest BCUT2D eigenvalue weighted by Crippen LogP contribution is 2.57. The summed E-state index contributed by atoms with van der Waals surface area (Å²) in [6.45, 7) is 4.79. The molecule has 2 heteroatoms. The van der Waals surface area contributed by atoms with Crippen LogP contribution in [0, 0.1) is 0 Å². The van der Waals surface area contributed by atoms with Gasteiger partial charge < -0.3 is 9.80 Å². The molecule has 0 spiro atoms. The molecule has 1 aliphatic rings. The third-order valence-corrected chi connectivity index (χ3v) is 15.0. The zero-order chi connectivity index (χ0) is 48.9. The molecule has 0 aromatic heterocycles. The van der Waals surface area contributed by atoms with Crippen molar-refractivity contribution in [3.05, 3.63) is 290 Å². The number of hydrogen-bond acceptors (Lipinski definition) is 2. The lowest BCUT2D eigenvalue weighted by Gasteiger charge is -2.34. The molecule has 0 saturated heterocycles. The van der Waals surface area contributed by atoms with Crippen molar-refractivity contribution in [3.63, 3.8) is 0 Å². The van der Waals surface area contributed by atoms with E-state index in [9.17, 15) is 0 Å². The van der Waals surface area contributed by atoms with Crippen LogP contribution >= 0.6 is 0 Å². The van der Waals surface area contributed by atoms with Crippen molar-refractivity contribution < 1.29 is 0 Å². The van der Waals surface area contributed by atoms with Gasteiger partial charge in [0.05, 0.1) is 11.4 Å². The van der Waals surface area contributed by atoms with Gasteiger partial charge in [0.2, 0.25) is 0 Å². The first-order chi connectivity index (χ1) is 36.0. The monoisotopic (exact) mass is 932 g/mol. The normalized spacial score (nSPS) is 12.4. The van der Waals surface area contributed by atoms with Gasteiger partial charge >= 0.3 is 0 Å². The molecular formula is C71H52N2. The standard InChI is InChI=1S/C71H52N2/c1-71(2)67-42-18-17-39-61(67)64-47-65-66(48-68(64)71)70(73(59-37-21-33-55(45-59)51-27-11-5-12-28-51)60-38-22-34-56(46-60)52-29-13-6-14-30-52)63-41-16-15-40-62(63)69(65)72(57-35-19-31-53(43-57)49-23-7-3-8-24-49)58-36-20-32-54(44-58)50-25-9-4-10-26-50/h3-48H,1-2H3. The fourth-order valence-electron chi connectivity index (χ4n) is 11.4. The minimum Gasteiger partial charge on any atom is -0.309 e. The Balaban J connectivity index is 1.17. The molecule has 12 aromatic carbocycles. The quantitative estimate of drug-likeness (QED) is 0.0996. The molecule has 346 valence electrons. The molecule has 0 saturated carbocycles. The molecule has 0 N–H and O–H groups in total. The molecule has 73 heavy (non-hydrogen) atoms. The van der Waals surface area contributed by atoms with Crippen LogP contribution in [-0.4, -0.2) is 0 Å². The Kier molecular flexibility index (Phi) is 10.9. The summed E-state index contributed by atoms with van der Waals surface area (Å²) >= 11 is 0. The maximum atomic E-state index is 2.55. The summed E-state index contributed by atoms with van der Waals surface area (Å²) in [6.07, 6.45) is 0. The lowest BCUT2D eigenvalue weighted by atomic mass is 9.81. The van der Waals surface area contributed by atoms with Crippen molar-refractivity contribution in [1.29, 1.82) is 0 Å². The Morgan fingerprint density at radius 2 is 0.548 bits per heavy atom. The summed E-state index contributed by atoms with van der Waals surface area (Å²) in [5.74, 6) is 0.